The molecule has 0 bridgehead atoms. The lowest BCUT2D eigenvalue weighted by Crippen LogP contribution is -2.32. The first-order valence-electron chi connectivity index (χ1n) is 7.41. The molecule has 1 heterocycles. The maximum Gasteiger partial charge on any atom is 0.225 e. The fourth-order valence-electron chi connectivity index (χ4n) is 1.82. The molecule has 6 heteroatoms. The molecule has 0 radical (unpaired) electrons. The summed E-state index contributed by atoms with van der Waals surface area (Å²) in [6.07, 6.45) is 3.75. The van der Waals surface area contributed by atoms with Crippen LogP contribution in [0.25, 0.3) is 0 Å². The molecule has 0 aliphatic heterocycles. The van der Waals surface area contributed by atoms with Crippen molar-refractivity contribution in [2.45, 2.75) is 20.4 Å². The van der Waals surface area contributed by atoms with E-state index < -0.39 is 0 Å². The number of methoxy groups -OCH3 is 2. The largest absolute Gasteiger partial charge is 0.383 e. The van der Waals surface area contributed by atoms with Gasteiger partial charge in [-0.3, -0.25) is 0 Å². The van der Waals surface area contributed by atoms with Crippen molar-refractivity contribution in [3.05, 3.63) is 18.0 Å². The molecule has 21 heavy (non-hydrogen) atoms. The predicted molar refractivity (Wildman–Crippen MR) is 84.5 cm³/mol. The third-order valence-corrected chi connectivity index (χ3v) is 2.99. The van der Waals surface area contributed by atoms with Gasteiger partial charge >= 0.3 is 0 Å². The molecule has 0 saturated carbocycles. The van der Waals surface area contributed by atoms with Gasteiger partial charge in [-0.25, -0.2) is 9.97 Å². The number of anilines is 1. The smallest absolute Gasteiger partial charge is 0.225 e. The van der Waals surface area contributed by atoms with Gasteiger partial charge in [0.2, 0.25) is 5.95 Å². The molecule has 0 aromatic carbocycles. The number of nitrogens with zero attached hydrogens (tertiary/aromatic N) is 3. The van der Waals surface area contributed by atoms with E-state index in [2.05, 4.69) is 34.0 Å². The third-order valence-electron chi connectivity index (χ3n) is 2.99. The number of hydrogen-bond acceptors (Lipinski definition) is 6. The van der Waals surface area contributed by atoms with E-state index in [-0.39, 0.29) is 0 Å². The molecule has 0 unspecified atom stereocenters. The van der Waals surface area contributed by atoms with Crippen LogP contribution in [0.4, 0.5) is 5.95 Å². The first-order chi connectivity index (χ1) is 10.2. The standard InChI is InChI=1S/C15H28N4O2/c1-13(2)9-16-10-14-11-17-15(18-12-14)19(5-7-20-3)6-8-21-4/h11-13,16H,5-10H2,1-4H3. The summed E-state index contributed by atoms with van der Waals surface area (Å²) in [7, 11) is 3.39. The second-order valence-corrected chi connectivity index (χ2v) is 5.39. The molecule has 1 aromatic heterocycles. The topological polar surface area (TPSA) is 59.5 Å². The summed E-state index contributed by atoms with van der Waals surface area (Å²) in [6, 6.07) is 0. The van der Waals surface area contributed by atoms with Crippen LogP contribution in [0.3, 0.4) is 0 Å². The Hall–Kier alpha value is -1.24. The van der Waals surface area contributed by atoms with E-state index in [1.165, 1.54) is 0 Å². The van der Waals surface area contributed by atoms with Gasteiger partial charge in [-0.15, -0.1) is 0 Å². The van der Waals surface area contributed by atoms with Gasteiger partial charge in [0.05, 0.1) is 13.2 Å². The zero-order valence-corrected chi connectivity index (χ0v) is 13.6. The van der Waals surface area contributed by atoms with E-state index in [0.29, 0.717) is 19.1 Å². The lowest BCUT2D eigenvalue weighted by molar-refractivity contribution is 0.189. The quantitative estimate of drug-likeness (QED) is 0.664. The van der Waals surface area contributed by atoms with Crippen molar-refractivity contribution < 1.29 is 9.47 Å². The minimum Gasteiger partial charge on any atom is -0.383 e. The molecule has 0 fully saturated rings. The summed E-state index contributed by atoms with van der Waals surface area (Å²) in [5, 5.41) is 3.38. The highest BCUT2D eigenvalue weighted by atomic mass is 16.5. The van der Waals surface area contributed by atoms with E-state index in [1.807, 2.05) is 12.4 Å². The molecule has 120 valence electrons. The van der Waals surface area contributed by atoms with Crippen molar-refractivity contribution in [3.8, 4) is 0 Å². The van der Waals surface area contributed by atoms with Gasteiger partial charge in [-0.1, -0.05) is 13.8 Å². The number of ether oxygens (including phenoxy) is 2. The van der Waals surface area contributed by atoms with Crippen molar-refractivity contribution in [2.75, 3.05) is 52.0 Å². The fraction of sp³-hybridized carbons (Fsp3) is 0.733. The van der Waals surface area contributed by atoms with Crippen molar-refractivity contribution in [1.29, 1.82) is 0 Å². The molecular formula is C15H28N4O2. The van der Waals surface area contributed by atoms with E-state index in [1.54, 1.807) is 14.2 Å². The van der Waals surface area contributed by atoms with Crippen molar-refractivity contribution >= 4 is 5.95 Å². The maximum atomic E-state index is 5.12. The highest BCUT2D eigenvalue weighted by Gasteiger charge is 2.09. The first-order valence-corrected chi connectivity index (χ1v) is 7.41. The van der Waals surface area contributed by atoms with Crippen LogP contribution in [-0.2, 0) is 16.0 Å². The molecule has 1 aromatic rings. The molecule has 0 atom stereocenters. The van der Waals surface area contributed by atoms with Crippen LogP contribution in [0.15, 0.2) is 12.4 Å². The Kier molecular flexibility index (Phi) is 8.89. The van der Waals surface area contributed by atoms with Crippen molar-refractivity contribution in [3.63, 3.8) is 0 Å². The molecule has 6 nitrogen and oxygen atoms in total. The Morgan fingerprint density at radius 3 is 2.14 bits per heavy atom. The van der Waals surface area contributed by atoms with Crippen LogP contribution >= 0.6 is 0 Å². The second-order valence-electron chi connectivity index (χ2n) is 5.39. The Labute approximate surface area is 127 Å². The average Bonchev–Trinajstić information content (AvgIpc) is 2.48. The molecule has 0 saturated heterocycles. The van der Waals surface area contributed by atoms with Crippen LogP contribution in [-0.4, -0.2) is 57.0 Å². The molecule has 0 spiro atoms. The number of aromatic nitrogens is 2. The molecule has 1 rings (SSSR count). The summed E-state index contributed by atoms with van der Waals surface area (Å²) in [5.74, 6) is 1.36. The summed E-state index contributed by atoms with van der Waals surface area (Å²) >= 11 is 0. The molecule has 0 aliphatic rings. The summed E-state index contributed by atoms with van der Waals surface area (Å²) in [4.78, 5) is 11.0. The van der Waals surface area contributed by atoms with Crippen molar-refractivity contribution in [1.82, 2.24) is 15.3 Å². The fourth-order valence-corrected chi connectivity index (χ4v) is 1.82. The summed E-state index contributed by atoms with van der Waals surface area (Å²) in [6.45, 7) is 8.97. The zero-order chi connectivity index (χ0) is 15.5. The second kappa shape index (κ2) is 10.5. The Bertz CT molecular complexity index is 362. The summed E-state index contributed by atoms with van der Waals surface area (Å²) in [5.41, 5.74) is 1.10. The Morgan fingerprint density at radius 2 is 1.67 bits per heavy atom. The van der Waals surface area contributed by atoms with Gasteiger partial charge in [0.1, 0.15) is 0 Å². The number of nitrogens with one attached hydrogen (secondary N) is 1. The highest BCUT2D eigenvalue weighted by Crippen LogP contribution is 2.07. The van der Waals surface area contributed by atoms with Crippen LogP contribution in [0.1, 0.15) is 19.4 Å². The third kappa shape index (κ3) is 7.36. The normalized spacial score (nSPS) is 11.1. The van der Waals surface area contributed by atoms with Crippen LogP contribution in [0.5, 0.6) is 0 Å². The van der Waals surface area contributed by atoms with Gasteiger partial charge < -0.3 is 19.7 Å². The zero-order valence-electron chi connectivity index (χ0n) is 13.6. The van der Waals surface area contributed by atoms with Gasteiger partial charge in [0.15, 0.2) is 0 Å². The molecular weight excluding hydrogens is 268 g/mol. The lowest BCUT2D eigenvalue weighted by Gasteiger charge is -2.21. The van der Waals surface area contributed by atoms with E-state index >= 15 is 0 Å². The summed E-state index contributed by atoms with van der Waals surface area (Å²) < 4.78 is 10.2. The van der Waals surface area contributed by atoms with Crippen molar-refractivity contribution in [2.24, 2.45) is 5.92 Å². The van der Waals surface area contributed by atoms with Gasteiger partial charge in [-0.05, 0) is 12.5 Å². The predicted octanol–water partition coefficient (Wildman–Crippen LogP) is 1.32. The van der Waals surface area contributed by atoms with E-state index in [0.717, 1.165) is 37.7 Å². The number of hydrogen-bond donors (Lipinski definition) is 1. The molecule has 1 N–H and O–H groups in total. The SMILES string of the molecule is COCCN(CCOC)c1ncc(CNCC(C)C)cn1. The van der Waals surface area contributed by atoms with Gasteiger partial charge in [0, 0.05) is 51.8 Å². The highest BCUT2D eigenvalue weighted by molar-refractivity contribution is 5.29. The minimum absolute atomic E-state index is 0.642. The lowest BCUT2D eigenvalue weighted by atomic mass is 10.2. The molecule has 0 aliphatic carbocycles. The van der Waals surface area contributed by atoms with Gasteiger partial charge in [0.25, 0.3) is 0 Å². The van der Waals surface area contributed by atoms with E-state index in [9.17, 15) is 0 Å². The Morgan fingerprint density at radius 1 is 1.10 bits per heavy atom. The maximum absolute atomic E-state index is 5.12. The van der Waals surface area contributed by atoms with Crippen LogP contribution < -0.4 is 10.2 Å². The average molecular weight is 296 g/mol. The monoisotopic (exact) mass is 296 g/mol. The Balaban J connectivity index is 2.55. The van der Waals surface area contributed by atoms with Crippen LogP contribution in [0, 0.1) is 5.92 Å². The first kappa shape index (κ1) is 17.8. The van der Waals surface area contributed by atoms with E-state index in [4.69, 9.17) is 9.47 Å². The molecule has 0 amide bonds. The number of rotatable bonds is 11. The van der Waals surface area contributed by atoms with Gasteiger partial charge in [-0.2, -0.15) is 0 Å². The minimum atomic E-state index is 0.642. The van der Waals surface area contributed by atoms with Crippen LogP contribution in [0.2, 0.25) is 0 Å².